The van der Waals surface area contributed by atoms with Crippen LogP contribution in [0.25, 0.3) is 31.9 Å². The summed E-state index contributed by atoms with van der Waals surface area (Å²) in [5.41, 5.74) is 25.2. The van der Waals surface area contributed by atoms with E-state index in [2.05, 4.69) is 57.8 Å². The fourth-order valence-electron chi connectivity index (χ4n) is 5.31. The van der Waals surface area contributed by atoms with Crippen molar-refractivity contribution in [2.24, 2.45) is 10.2 Å². The molecule has 57 heavy (non-hydrogen) atoms. The molecule has 3 aromatic rings. The van der Waals surface area contributed by atoms with Gasteiger partial charge in [0.1, 0.15) is 49.7 Å². The zero-order valence-corrected chi connectivity index (χ0v) is 33.5. The molecule has 1 aliphatic rings. The van der Waals surface area contributed by atoms with Gasteiger partial charge in [0.05, 0.1) is 42.9 Å². The summed E-state index contributed by atoms with van der Waals surface area (Å²) >= 11 is 0. The molecule has 0 bridgehead atoms. The Morgan fingerprint density at radius 2 is 2.04 bits per heavy atom. The fourth-order valence-corrected chi connectivity index (χ4v) is 8.50. The van der Waals surface area contributed by atoms with E-state index < -0.39 is 18.4 Å². The number of rotatable bonds is 23. The largest absolute Gasteiger partial charge is 0.491 e. The molecule has 0 aliphatic carbocycles. The molecular weight excluding hydrogens is 803 g/mol. The zero-order valence-electron chi connectivity index (χ0n) is 30.6. The van der Waals surface area contributed by atoms with E-state index in [0.717, 1.165) is 0 Å². The van der Waals surface area contributed by atoms with Gasteiger partial charge in [0.25, 0.3) is 5.91 Å². The molecule has 4 rings (SSSR count). The number of amides is 3. The highest BCUT2D eigenvalue weighted by Crippen LogP contribution is 2.49. The lowest BCUT2D eigenvalue weighted by Crippen LogP contribution is -2.33. The van der Waals surface area contributed by atoms with E-state index in [4.69, 9.17) is 40.5 Å². The summed E-state index contributed by atoms with van der Waals surface area (Å²) in [4.78, 5) is 49.8. The van der Waals surface area contributed by atoms with E-state index >= 15 is 0 Å². The van der Waals surface area contributed by atoms with Crippen LogP contribution in [-0.4, -0.2) is 110 Å². The number of benzene rings is 1. The summed E-state index contributed by atoms with van der Waals surface area (Å²) in [6.07, 6.45) is 1.93. The molecule has 3 heterocycles. The van der Waals surface area contributed by atoms with Gasteiger partial charge in [-0.25, -0.2) is 9.97 Å². The van der Waals surface area contributed by atoms with Gasteiger partial charge < -0.3 is 49.9 Å². The first-order valence-corrected chi connectivity index (χ1v) is 22.0. The fraction of sp³-hybridized carbons (Fsp3) is 0.469. The second-order valence-corrected chi connectivity index (χ2v) is 17.1. The Morgan fingerprint density at radius 3 is 2.82 bits per heavy atom. The van der Waals surface area contributed by atoms with Gasteiger partial charge in [-0.1, -0.05) is 36.4 Å². The number of nitrogens with one attached hydrogen (secondary N) is 3. The smallest absolute Gasteiger partial charge is 0.251 e. The van der Waals surface area contributed by atoms with E-state index in [9.17, 15) is 18.9 Å². The normalized spacial score (nSPS) is 16.8. The van der Waals surface area contributed by atoms with Crippen LogP contribution in [0.1, 0.15) is 35.5 Å². The Morgan fingerprint density at radius 1 is 1.19 bits per heavy atom. The van der Waals surface area contributed by atoms with Crippen LogP contribution in [0.3, 0.4) is 0 Å². The van der Waals surface area contributed by atoms with Crippen molar-refractivity contribution in [3.05, 3.63) is 68.8 Å². The van der Waals surface area contributed by atoms with Crippen molar-refractivity contribution in [3.8, 4) is 17.6 Å². The molecule has 5 N–H and O–H groups in total. The van der Waals surface area contributed by atoms with Crippen molar-refractivity contribution in [1.82, 2.24) is 30.5 Å². The summed E-state index contributed by atoms with van der Waals surface area (Å²) < 4.78 is 41.5. The van der Waals surface area contributed by atoms with Gasteiger partial charge in [0.2, 0.25) is 11.8 Å². The summed E-state index contributed by atoms with van der Waals surface area (Å²) in [6, 6.07) is 6.37. The van der Waals surface area contributed by atoms with Crippen LogP contribution in [0.4, 0.5) is 5.82 Å². The second-order valence-electron chi connectivity index (χ2n) is 11.7. The van der Waals surface area contributed by atoms with Crippen molar-refractivity contribution < 1.29 is 42.6 Å². The maximum Gasteiger partial charge on any atom is 0.251 e. The molecule has 0 radical (unpaired) electrons. The molecule has 1 aliphatic heterocycles. The number of fused-ring (bicyclic) bond motifs is 1. The number of hydrogen-bond donors (Lipinski definition) is 4. The average molecular weight is 844 g/mol. The molecule has 1 aromatic carbocycles. The van der Waals surface area contributed by atoms with Crippen LogP contribution in [0, 0.1) is 11.8 Å². The average Bonchev–Trinajstić information content (AvgIpc) is 3.78. The zero-order chi connectivity index (χ0) is 40.8. The van der Waals surface area contributed by atoms with Crippen LogP contribution in [0.2, 0.25) is 0 Å². The van der Waals surface area contributed by atoms with Gasteiger partial charge in [-0.15, -0.1) is 0 Å². The van der Waals surface area contributed by atoms with E-state index in [0.29, 0.717) is 55.3 Å². The van der Waals surface area contributed by atoms with Crippen LogP contribution in [0.15, 0.2) is 47.0 Å². The minimum atomic E-state index is -1.02. The van der Waals surface area contributed by atoms with Gasteiger partial charge in [0, 0.05) is 48.0 Å². The Balaban J connectivity index is 1.22. The molecule has 25 heteroatoms. The van der Waals surface area contributed by atoms with Crippen molar-refractivity contribution >= 4 is 58.9 Å². The summed E-state index contributed by atoms with van der Waals surface area (Å²) in [7, 11) is 0.749. The van der Waals surface area contributed by atoms with Crippen LogP contribution >= 0.6 is 24.4 Å². The summed E-state index contributed by atoms with van der Waals surface area (Å²) in [6.45, 7) is 1.32. The molecule has 3 amide bonds. The summed E-state index contributed by atoms with van der Waals surface area (Å²) in [5, 5.41) is 15.5. The minimum absolute atomic E-state index is 0.00409. The van der Waals surface area contributed by atoms with Gasteiger partial charge in [-0.05, 0) is 43.4 Å². The highest BCUT2D eigenvalue weighted by molar-refractivity contribution is 8.40. The molecule has 4 unspecified atom stereocenters. The number of hydrogen-bond acceptors (Lipinski definition) is 14. The first-order chi connectivity index (χ1) is 27.7. The predicted octanol–water partition coefficient (Wildman–Crippen LogP) is 3.51. The number of nitrogens with zero attached hydrogens (tertiary/aromatic N) is 9. The number of nitrogens with two attached hydrogens (primary N) is 1. The molecule has 6 atom stereocenters. The van der Waals surface area contributed by atoms with Crippen molar-refractivity contribution in [1.29, 1.82) is 0 Å². The van der Waals surface area contributed by atoms with E-state index in [-0.39, 0.29) is 92.2 Å². The highest BCUT2D eigenvalue weighted by atomic mass is 32.4. The Bertz CT molecular complexity index is 2020. The van der Waals surface area contributed by atoms with Gasteiger partial charge in [-0.3, -0.25) is 18.9 Å². The molecule has 1 fully saturated rings. The maximum atomic E-state index is 12.4. The number of nitrogen functional groups attached to an aromatic ring is 1. The predicted molar refractivity (Wildman–Crippen MR) is 211 cm³/mol. The first-order valence-electron chi connectivity index (χ1n) is 17.2. The van der Waals surface area contributed by atoms with Crippen molar-refractivity contribution in [2.75, 3.05) is 64.7 Å². The molecule has 302 valence electrons. The van der Waals surface area contributed by atoms with Crippen LogP contribution in [0.5, 0.6) is 5.75 Å². The maximum absolute atomic E-state index is 12.4. The molecule has 0 spiro atoms. The third-order valence-corrected chi connectivity index (χ3v) is 12.2. The van der Waals surface area contributed by atoms with E-state index in [1.165, 1.54) is 19.3 Å². The molecule has 0 saturated carbocycles. The number of carbonyl (C=O) groups excluding carboxylic acids is 3. The van der Waals surface area contributed by atoms with Crippen molar-refractivity contribution in [2.45, 2.75) is 38.0 Å². The lowest BCUT2D eigenvalue weighted by Gasteiger charge is -2.17. The number of aromatic nitrogens is 3. The first kappa shape index (κ1) is 44.5. The number of anilines is 1. The van der Waals surface area contributed by atoms with Gasteiger partial charge in [0.15, 0.2) is 14.4 Å². The SMILES string of the molecule is CC(=O)NCCNC(=O)c1cccc(OCC(N=[N+]=[N-])OCCOCC(=O)NCC#Cc2cn([C@H]3CC(OCN=[N+]=[N-])[C@@H](CPPP=O)O3)c3ncnc(N)c23)c1. The highest BCUT2D eigenvalue weighted by Gasteiger charge is 2.37. The molecular formula is C32H40N13O9P3. The lowest BCUT2D eigenvalue weighted by molar-refractivity contribution is -0.126. The quantitative estimate of drug-likeness (QED) is 0.0266. The van der Waals surface area contributed by atoms with Crippen molar-refractivity contribution in [3.63, 3.8) is 0 Å². The number of ether oxygens (including phenoxy) is 5. The monoisotopic (exact) mass is 843 g/mol. The Labute approximate surface area is 330 Å². The van der Waals surface area contributed by atoms with Crippen LogP contribution in [-0.2, 0) is 33.1 Å². The standard InChI is InChI=1S/C32H40N13O9P3/c1-20(46)36-8-9-38-32(48)21-4-2-6-23(12-21)52-16-27(42-44-35)51-11-10-50-15-26(47)37-7-3-5-22-14-45(31-29(22)30(33)39-18-40-31)28-13-24(53-19-41-43-34)25(54-28)17-55-57-56-49/h2,4,6,12,14,18,24-25,27-28,55,57H,7-11,13,15-17,19H2,1H3,(H,36,46)(H,37,47)(H,38,48)(H2,33,39,40)/t24?,25-,27?,28-/m1/s1. The molecule has 1 saturated heterocycles. The Hall–Kier alpha value is -5.17. The molecule has 22 nitrogen and oxygen atoms in total. The third kappa shape index (κ3) is 14.7. The van der Waals surface area contributed by atoms with Gasteiger partial charge in [-0.2, -0.15) is 0 Å². The molecule has 2 aromatic heterocycles. The topological polar surface area (TPSA) is 305 Å². The number of carbonyl (C=O) groups is 3. The minimum Gasteiger partial charge on any atom is -0.491 e. The summed E-state index contributed by atoms with van der Waals surface area (Å²) in [5.74, 6) is 5.49. The Kier molecular flexibility index (Phi) is 19.1. The lowest BCUT2D eigenvalue weighted by atomic mass is 10.2. The van der Waals surface area contributed by atoms with E-state index in [1.54, 1.807) is 29.0 Å². The van der Waals surface area contributed by atoms with Crippen LogP contribution < -0.4 is 26.4 Å². The van der Waals surface area contributed by atoms with E-state index in [1.807, 2.05) is 0 Å². The number of azide groups is 2. The third-order valence-electron chi connectivity index (χ3n) is 7.79. The second kappa shape index (κ2) is 24.5. The van der Waals surface area contributed by atoms with Gasteiger partial charge >= 0.3 is 0 Å².